The predicted octanol–water partition coefficient (Wildman–Crippen LogP) is 1.79. The zero-order chi connectivity index (χ0) is 13.7. The summed E-state index contributed by atoms with van der Waals surface area (Å²) in [6.07, 6.45) is 0.785. The molecule has 0 amide bonds. The van der Waals surface area contributed by atoms with E-state index in [4.69, 9.17) is 10.5 Å². The van der Waals surface area contributed by atoms with Crippen LogP contribution in [0, 0.1) is 6.92 Å². The highest BCUT2D eigenvalue weighted by molar-refractivity contribution is 5.56. The lowest BCUT2D eigenvalue weighted by Gasteiger charge is -2.29. The van der Waals surface area contributed by atoms with Crippen molar-refractivity contribution in [2.45, 2.75) is 40.2 Å². The van der Waals surface area contributed by atoms with E-state index in [-0.39, 0.29) is 0 Å². The van der Waals surface area contributed by atoms with Crippen LogP contribution >= 0.6 is 0 Å². The van der Waals surface area contributed by atoms with Crippen LogP contribution in [0.25, 0.3) is 0 Å². The third kappa shape index (κ3) is 3.32. The molecule has 5 nitrogen and oxygen atoms in total. The molecule has 0 aromatic carbocycles. The number of nitrogen functional groups attached to an aromatic ring is 1. The van der Waals surface area contributed by atoms with Gasteiger partial charge < -0.3 is 15.4 Å². The minimum atomic E-state index is 0.345. The molecule has 0 radical (unpaired) electrons. The lowest BCUT2D eigenvalue weighted by Crippen LogP contribution is -2.35. The van der Waals surface area contributed by atoms with Crippen LogP contribution < -0.4 is 10.6 Å². The maximum atomic E-state index is 5.95. The monoisotopic (exact) mass is 252 g/mol. The van der Waals surface area contributed by atoms with Crippen LogP contribution in [0.5, 0.6) is 0 Å². The van der Waals surface area contributed by atoms with Gasteiger partial charge in [-0.15, -0.1) is 0 Å². The molecule has 0 aliphatic rings. The van der Waals surface area contributed by atoms with E-state index in [0.717, 1.165) is 30.2 Å². The molecule has 5 heteroatoms. The van der Waals surface area contributed by atoms with Crippen LogP contribution in [0.4, 0.5) is 11.6 Å². The second-order valence-corrected chi connectivity index (χ2v) is 4.61. The van der Waals surface area contributed by atoms with Gasteiger partial charge in [-0.25, -0.2) is 9.97 Å². The highest BCUT2D eigenvalue weighted by Crippen LogP contribution is 2.23. The Morgan fingerprint density at radius 1 is 1.33 bits per heavy atom. The van der Waals surface area contributed by atoms with Gasteiger partial charge in [0.1, 0.15) is 17.5 Å². The summed E-state index contributed by atoms with van der Waals surface area (Å²) < 4.78 is 5.15. The summed E-state index contributed by atoms with van der Waals surface area (Å²) in [4.78, 5) is 11.1. The summed E-state index contributed by atoms with van der Waals surface area (Å²) in [5.74, 6) is 2.28. The van der Waals surface area contributed by atoms with Crippen molar-refractivity contribution >= 4 is 11.6 Å². The van der Waals surface area contributed by atoms with Crippen molar-refractivity contribution in [1.29, 1.82) is 0 Å². The second kappa shape index (κ2) is 6.54. The van der Waals surface area contributed by atoms with Crippen LogP contribution in [-0.2, 0) is 11.2 Å². The Bertz CT molecular complexity index is 393. The van der Waals surface area contributed by atoms with Gasteiger partial charge in [-0.2, -0.15) is 0 Å². The molecule has 102 valence electrons. The lowest BCUT2D eigenvalue weighted by atomic mass is 10.2. The Morgan fingerprint density at radius 3 is 2.50 bits per heavy atom. The number of rotatable bonds is 6. The Balaban J connectivity index is 3.13. The van der Waals surface area contributed by atoms with E-state index in [1.165, 1.54) is 0 Å². The minimum Gasteiger partial charge on any atom is -0.383 e. The van der Waals surface area contributed by atoms with E-state index >= 15 is 0 Å². The van der Waals surface area contributed by atoms with Gasteiger partial charge in [0.2, 0.25) is 0 Å². The van der Waals surface area contributed by atoms with Gasteiger partial charge in [0.25, 0.3) is 0 Å². The third-order valence-electron chi connectivity index (χ3n) is 2.95. The zero-order valence-electron chi connectivity index (χ0n) is 12.0. The molecule has 0 bridgehead atoms. The Morgan fingerprint density at radius 2 is 2.00 bits per heavy atom. The molecule has 18 heavy (non-hydrogen) atoms. The number of aromatic nitrogens is 2. The minimum absolute atomic E-state index is 0.345. The molecule has 2 N–H and O–H groups in total. The summed E-state index contributed by atoms with van der Waals surface area (Å²) in [5, 5.41) is 0. The Kier molecular flexibility index (Phi) is 5.34. The largest absolute Gasteiger partial charge is 0.383 e. The normalized spacial score (nSPS) is 11.0. The van der Waals surface area contributed by atoms with Gasteiger partial charge >= 0.3 is 0 Å². The van der Waals surface area contributed by atoms with E-state index < -0.39 is 0 Å². The molecular formula is C13H24N4O. The Hall–Kier alpha value is -1.36. The average Bonchev–Trinajstić information content (AvgIpc) is 2.34. The van der Waals surface area contributed by atoms with Crippen LogP contribution in [-0.4, -0.2) is 36.3 Å². The van der Waals surface area contributed by atoms with Crippen molar-refractivity contribution in [2.75, 3.05) is 30.9 Å². The second-order valence-electron chi connectivity index (χ2n) is 4.61. The fraction of sp³-hybridized carbons (Fsp3) is 0.692. The predicted molar refractivity (Wildman–Crippen MR) is 74.9 cm³/mol. The first-order chi connectivity index (χ1) is 8.51. The van der Waals surface area contributed by atoms with Crippen molar-refractivity contribution in [2.24, 2.45) is 0 Å². The van der Waals surface area contributed by atoms with Crippen LogP contribution in [0.1, 0.15) is 32.2 Å². The first kappa shape index (κ1) is 14.7. The standard InChI is InChI=1S/C13H24N4O/c1-6-11-15-12(14)10(4)13(16-11)17(9(2)3)7-8-18-5/h9H,6-8H2,1-5H3,(H2,14,15,16). The number of anilines is 2. The molecular weight excluding hydrogens is 228 g/mol. The fourth-order valence-electron chi connectivity index (χ4n) is 1.80. The SMILES string of the molecule is CCc1nc(N)c(C)c(N(CCOC)C(C)C)n1. The number of aryl methyl sites for hydroxylation is 1. The first-order valence-corrected chi connectivity index (χ1v) is 6.39. The highest BCUT2D eigenvalue weighted by atomic mass is 16.5. The van der Waals surface area contributed by atoms with Gasteiger partial charge in [-0.3, -0.25) is 0 Å². The molecule has 0 saturated carbocycles. The third-order valence-corrected chi connectivity index (χ3v) is 2.95. The number of hydrogen-bond acceptors (Lipinski definition) is 5. The molecule has 1 aromatic heterocycles. The fourth-order valence-corrected chi connectivity index (χ4v) is 1.80. The summed E-state index contributed by atoms with van der Waals surface area (Å²) in [5.41, 5.74) is 6.90. The summed E-state index contributed by atoms with van der Waals surface area (Å²) in [6, 6.07) is 0.345. The molecule has 1 aromatic rings. The van der Waals surface area contributed by atoms with Crippen molar-refractivity contribution in [3.05, 3.63) is 11.4 Å². The maximum absolute atomic E-state index is 5.95. The summed E-state index contributed by atoms with van der Waals surface area (Å²) >= 11 is 0. The van der Waals surface area contributed by atoms with Gasteiger partial charge in [-0.05, 0) is 20.8 Å². The molecule has 0 unspecified atom stereocenters. The van der Waals surface area contributed by atoms with Gasteiger partial charge in [0.05, 0.1) is 6.61 Å². The number of ether oxygens (including phenoxy) is 1. The molecule has 1 rings (SSSR count). The van der Waals surface area contributed by atoms with E-state index in [1.54, 1.807) is 7.11 Å². The molecule has 0 saturated heterocycles. The van der Waals surface area contributed by atoms with Gasteiger partial charge in [0.15, 0.2) is 0 Å². The molecule has 0 spiro atoms. The number of nitrogens with zero attached hydrogens (tertiary/aromatic N) is 3. The van der Waals surface area contributed by atoms with E-state index in [0.29, 0.717) is 18.5 Å². The van der Waals surface area contributed by atoms with Gasteiger partial charge in [0, 0.05) is 31.7 Å². The maximum Gasteiger partial charge on any atom is 0.137 e. The molecule has 0 aliphatic carbocycles. The van der Waals surface area contributed by atoms with Crippen molar-refractivity contribution < 1.29 is 4.74 Å². The molecule has 0 aliphatic heterocycles. The van der Waals surface area contributed by atoms with Crippen LogP contribution in [0.2, 0.25) is 0 Å². The number of nitrogens with two attached hydrogens (primary N) is 1. The Labute approximate surface area is 109 Å². The van der Waals surface area contributed by atoms with Crippen molar-refractivity contribution in [3.63, 3.8) is 0 Å². The molecule has 1 heterocycles. The highest BCUT2D eigenvalue weighted by Gasteiger charge is 2.17. The summed E-state index contributed by atoms with van der Waals surface area (Å²) in [7, 11) is 1.71. The quantitative estimate of drug-likeness (QED) is 0.836. The average molecular weight is 252 g/mol. The van der Waals surface area contributed by atoms with E-state index in [9.17, 15) is 0 Å². The molecule has 0 fully saturated rings. The molecule has 0 atom stereocenters. The lowest BCUT2D eigenvalue weighted by molar-refractivity contribution is 0.203. The van der Waals surface area contributed by atoms with E-state index in [1.807, 2.05) is 13.8 Å². The van der Waals surface area contributed by atoms with Crippen LogP contribution in [0.15, 0.2) is 0 Å². The smallest absolute Gasteiger partial charge is 0.137 e. The van der Waals surface area contributed by atoms with Crippen LogP contribution in [0.3, 0.4) is 0 Å². The topological polar surface area (TPSA) is 64.3 Å². The van der Waals surface area contributed by atoms with E-state index in [2.05, 4.69) is 28.7 Å². The van der Waals surface area contributed by atoms with Gasteiger partial charge in [-0.1, -0.05) is 6.92 Å². The first-order valence-electron chi connectivity index (χ1n) is 6.39. The van der Waals surface area contributed by atoms with Crippen molar-refractivity contribution in [1.82, 2.24) is 9.97 Å². The summed E-state index contributed by atoms with van der Waals surface area (Å²) in [6.45, 7) is 9.74. The van der Waals surface area contributed by atoms with Crippen molar-refractivity contribution in [3.8, 4) is 0 Å². The number of methoxy groups -OCH3 is 1. The zero-order valence-corrected chi connectivity index (χ0v) is 12.0. The number of hydrogen-bond donors (Lipinski definition) is 1.